The molecule has 27 heavy (non-hydrogen) atoms. The second-order valence-electron chi connectivity index (χ2n) is 5.81. The van der Waals surface area contributed by atoms with Gasteiger partial charge in [-0.25, -0.2) is 4.68 Å². The van der Waals surface area contributed by atoms with Crippen molar-refractivity contribution < 1.29 is 14.3 Å². The Morgan fingerprint density at radius 3 is 2.41 bits per heavy atom. The van der Waals surface area contributed by atoms with Gasteiger partial charge in [-0.05, 0) is 47.5 Å². The van der Waals surface area contributed by atoms with Gasteiger partial charge >= 0.3 is 0 Å². The predicted molar refractivity (Wildman–Crippen MR) is 104 cm³/mol. The number of nitrogens with zero attached hydrogens (tertiary/aromatic N) is 2. The molecule has 1 amide bonds. The fraction of sp³-hybridized carbons (Fsp3) is 0.143. The smallest absolute Gasteiger partial charge is 0.244 e. The van der Waals surface area contributed by atoms with Gasteiger partial charge in [0.2, 0.25) is 5.91 Å². The Labute approximate surface area is 158 Å². The summed E-state index contributed by atoms with van der Waals surface area (Å²) in [6.45, 7) is 0.448. The number of amides is 1. The van der Waals surface area contributed by atoms with E-state index in [1.807, 2.05) is 48.7 Å². The van der Waals surface area contributed by atoms with E-state index >= 15 is 0 Å². The molecule has 0 atom stereocenters. The molecule has 0 aliphatic rings. The van der Waals surface area contributed by atoms with E-state index in [0.717, 1.165) is 16.8 Å². The van der Waals surface area contributed by atoms with Crippen LogP contribution in [0.2, 0.25) is 0 Å². The summed E-state index contributed by atoms with van der Waals surface area (Å²) in [5, 5.41) is 7.06. The van der Waals surface area contributed by atoms with Crippen LogP contribution in [-0.2, 0) is 11.3 Å². The molecule has 0 aliphatic carbocycles. The van der Waals surface area contributed by atoms with Gasteiger partial charge in [0.05, 0.1) is 19.9 Å². The second kappa shape index (κ2) is 8.71. The van der Waals surface area contributed by atoms with Gasteiger partial charge in [-0.15, -0.1) is 0 Å². The Bertz CT molecular complexity index is 894. The molecule has 1 N–H and O–H groups in total. The van der Waals surface area contributed by atoms with Crippen LogP contribution in [-0.4, -0.2) is 29.9 Å². The molecule has 0 saturated heterocycles. The predicted octanol–water partition coefficient (Wildman–Crippen LogP) is 3.22. The monoisotopic (exact) mass is 363 g/mol. The molecule has 3 rings (SSSR count). The lowest BCUT2D eigenvalue weighted by atomic mass is 10.2. The average molecular weight is 363 g/mol. The molecule has 0 unspecified atom stereocenters. The molecule has 0 aliphatic heterocycles. The van der Waals surface area contributed by atoms with Crippen molar-refractivity contribution in [1.29, 1.82) is 0 Å². The van der Waals surface area contributed by atoms with Crippen LogP contribution in [0.4, 0.5) is 0 Å². The summed E-state index contributed by atoms with van der Waals surface area (Å²) >= 11 is 0. The molecule has 3 aromatic rings. The molecule has 1 aromatic heterocycles. The third kappa shape index (κ3) is 4.98. The first-order valence-electron chi connectivity index (χ1n) is 8.46. The summed E-state index contributed by atoms with van der Waals surface area (Å²) in [5.74, 6) is 1.17. The van der Waals surface area contributed by atoms with Gasteiger partial charge in [-0.2, -0.15) is 5.10 Å². The number of benzene rings is 2. The van der Waals surface area contributed by atoms with Crippen LogP contribution in [0.5, 0.6) is 11.5 Å². The summed E-state index contributed by atoms with van der Waals surface area (Å²) < 4.78 is 12.2. The Kier molecular flexibility index (Phi) is 5.89. The Hall–Kier alpha value is -3.54. The van der Waals surface area contributed by atoms with Crippen LogP contribution < -0.4 is 14.8 Å². The number of rotatable bonds is 7. The fourth-order valence-electron chi connectivity index (χ4n) is 2.53. The van der Waals surface area contributed by atoms with E-state index in [-0.39, 0.29) is 5.91 Å². The number of hydrogen-bond donors (Lipinski definition) is 1. The lowest BCUT2D eigenvalue weighted by molar-refractivity contribution is -0.116. The fourth-order valence-corrected chi connectivity index (χ4v) is 2.53. The zero-order valence-electron chi connectivity index (χ0n) is 15.3. The molecule has 0 fully saturated rings. The van der Waals surface area contributed by atoms with Crippen molar-refractivity contribution in [3.8, 4) is 17.2 Å². The van der Waals surface area contributed by atoms with E-state index in [9.17, 15) is 4.79 Å². The van der Waals surface area contributed by atoms with Gasteiger partial charge < -0.3 is 14.8 Å². The third-order valence-corrected chi connectivity index (χ3v) is 3.97. The maximum atomic E-state index is 12.1. The highest BCUT2D eigenvalue weighted by molar-refractivity contribution is 5.91. The number of ether oxygens (including phenoxy) is 2. The highest BCUT2D eigenvalue weighted by Crippen LogP contribution is 2.23. The lowest BCUT2D eigenvalue weighted by Crippen LogP contribution is -2.20. The van der Waals surface area contributed by atoms with Gasteiger partial charge in [0.1, 0.15) is 11.5 Å². The summed E-state index contributed by atoms with van der Waals surface area (Å²) in [5.41, 5.74) is 2.81. The molecule has 138 valence electrons. The zero-order valence-corrected chi connectivity index (χ0v) is 15.3. The van der Waals surface area contributed by atoms with Gasteiger partial charge in [-0.3, -0.25) is 4.79 Å². The van der Waals surface area contributed by atoms with Crippen LogP contribution >= 0.6 is 0 Å². The largest absolute Gasteiger partial charge is 0.497 e. The van der Waals surface area contributed by atoms with Gasteiger partial charge in [0, 0.05) is 31.1 Å². The van der Waals surface area contributed by atoms with E-state index in [1.165, 1.54) is 6.08 Å². The second-order valence-corrected chi connectivity index (χ2v) is 5.81. The minimum atomic E-state index is -0.173. The topological polar surface area (TPSA) is 65.4 Å². The summed E-state index contributed by atoms with van der Waals surface area (Å²) in [6.07, 6.45) is 6.83. The van der Waals surface area contributed by atoms with Crippen molar-refractivity contribution in [2.75, 3.05) is 14.2 Å². The first kappa shape index (κ1) is 18.3. The van der Waals surface area contributed by atoms with Crippen LogP contribution in [0.1, 0.15) is 11.1 Å². The number of carbonyl (C=O) groups is 1. The number of hydrogen-bond acceptors (Lipinski definition) is 4. The Morgan fingerprint density at radius 1 is 1.11 bits per heavy atom. The van der Waals surface area contributed by atoms with Crippen molar-refractivity contribution >= 4 is 12.0 Å². The third-order valence-electron chi connectivity index (χ3n) is 3.97. The Balaban J connectivity index is 1.57. The van der Waals surface area contributed by atoms with Crippen LogP contribution in [0.15, 0.2) is 67.0 Å². The quantitative estimate of drug-likeness (QED) is 0.655. The number of carbonyl (C=O) groups excluding carboxylic acids is 1. The minimum Gasteiger partial charge on any atom is -0.497 e. The van der Waals surface area contributed by atoms with Crippen molar-refractivity contribution in [2.24, 2.45) is 0 Å². The standard InChI is InChI=1S/C21H21N3O3/c1-26-19-12-17(13-20(14-19)27-2)6-9-21(25)22-15-16-4-7-18(8-5-16)24-11-3-10-23-24/h3-14H,15H2,1-2H3,(H,22,25). The molecule has 0 radical (unpaired) electrons. The first-order chi connectivity index (χ1) is 13.2. The van der Waals surface area contributed by atoms with Crippen LogP contribution in [0.3, 0.4) is 0 Å². The maximum absolute atomic E-state index is 12.1. The SMILES string of the molecule is COc1cc(C=CC(=O)NCc2ccc(-n3cccn3)cc2)cc(OC)c1. The van der Waals surface area contributed by atoms with E-state index in [4.69, 9.17) is 9.47 Å². The van der Waals surface area contributed by atoms with Crippen LogP contribution in [0.25, 0.3) is 11.8 Å². The summed E-state index contributed by atoms with van der Waals surface area (Å²) in [6, 6.07) is 15.2. The molecule has 1 heterocycles. The van der Waals surface area contributed by atoms with E-state index in [1.54, 1.807) is 37.2 Å². The molecule has 6 heteroatoms. The van der Waals surface area contributed by atoms with E-state index < -0.39 is 0 Å². The number of nitrogens with one attached hydrogen (secondary N) is 1. The van der Waals surface area contributed by atoms with E-state index in [2.05, 4.69) is 10.4 Å². The number of aromatic nitrogens is 2. The van der Waals surface area contributed by atoms with Crippen molar-refractivity contribution in [2.45, 2.75) is 6.54 Å². The van der Waals surface area contributed by atoms with Crippen molar-refractivity contribution in [3.05, 3.63) is 78.1 Å². The van der Waals surface area contributed by atoms with Crippen molar-refractivity contribution in [3.63, 3.8) is 0 Å². The van der Waals surface area contributed by atoms with Crippen LogP contribution in [0, 0.1) is 0 Å². The molecular formula is C21H21N3O3. The maximum Gasteiger partial charge on any atom is 0.244 e. The highest BCUT2D eigenvalue weighted by atomic mass is 16.5. The Morgan fingerprint density at radius 2 is 1.81 bits per heavy atom. The minimum absolute atomic E-state index is 0.173. The molecule has 2 aromatic carbocycles. The highest BCUT2D eigenvalue weighted by Gasteiger charge is 2.02. The molecule has 6 nitrogen and oxygen atoms in total. The summed E-state index contributed by atoms with van der Waals surface area (Å²) in [4.78, 5) is 12.1. The average Bonchev–Trinajstić information content (AvgIpc) is 3.25. The molecule has 0 bridgehead atoms. The molecule has 0 saturated carbocycles. The normalized spacial score (nSPS) is 10.7. The summed E-state index contributed by atoms with van der Waals surface area (Å²) in [7, 11) is 3.18. The number of methoxy groups -OCH3 is 2. The van der Waals surface area contributed by atoms with Crippen molar-refractivity contribution in [1.82, 2.24) is 15.1 Å². The van der Waals surface area contributed by atoms with Gasteiger partial charge in [0.15, 0.2) is 0 Å². The van der Waals surface area contributed by atoms with Gasteiger partial charge in [-0.1, -0.05) is 12.1 Å². The lowest BCUT2D eigenvalue weighted by Gasteiger charge is -2.06. The molecule has 0 spiro atoms. The molecular weight excluding hydrogens is 342 g/mol. The van der Waals surface area contributed by atoms with E-state index in [0.29, 0.717) is 18.0 Å². The zero-order chi connectivity index (χ0) is 19.1. The first-order valence-corrected chi connectivity index (χ1v) is 8.46. The van der Waals surface area contributed by atoms with Gasteiger partial charge in [0.25, 0.3) is 0 Å².